The van der Waals surface area contributed by atoms with Gasteiger partial charge in [0.15, 0.2) is 5.69 Å². The highest BCUT2D eigenvalue weighted by Crippen LogP contribution is 2.26. The molecule has 5 nitrogen and oxygen atoms in total. The fourth-order valence-corrected chi connectivity index (χ4v) is 3.05. The SMILES string of the molecule is C.C.C.CC1CCN(C)CC1.CCc1ccc(C)c(C)c1.Cn1ccc(C(F)(F)F)n1.Cn1ccnc1. The predicted octanol–water partition coefficient (Wildman–Crippen LogP) is 7.98. The average molecular weight is 528 g/mol. The molecule has 0 aliphatic carbocycles. The molecule has 8 heteroatoms. The van der Waals surface area contributed by atoms with Crippen LogP contribution in [0.15, 0.2) is 49.2 Å². The van der Waals surface area contributed by atoms with Crippen LogP contribution >= 0.6 is 0 Å². The van der Waals surface area contributed by atoms with E-state index in [-0.39, 0.29) is 22.3 Å². The maximum Gasteiger partial charge on any atom is 0.435 e. The number of halogens is 3. The van der Waals surface area contributed by atoms with Crippen molar-refractivity contribution in [3.63, 3.8) is 0 Å². The molecule has 0 saturated carbocycles. The van der Waals surface area contributed by atoms with Gasteiger partial charge in [-0.05, 0) is 81.9 Å². The van der Waals surface area contributed by atoms with Crippen molar-refractivity contribution in [2.24, 2.45) is 20.0 Å². The van der Waals surface area contributed by atoms with E-state index in [0.29, 0.717) is 0 Å². The van der Waals surface area contributed by atoms with Gasteiger partial charge in [-0.25, -0.2) is 4.98 Å². The monoisotopic (exact) mass is 527 g/mol. The molecular formula is C29H52F3N5. The van der Waals surface area contributed by atoms with Crippen molar-refractivity contribution < 1.29 is 13.2 Å². The van der Waals surface area contributed by atoms with Crippen molar-refractivity contribution in [2.75, 3.05) is 20.1 Å². The number of aromatic nitrogens is 4. The van der Waals surface area contributed by atoms with Crippen LogP contribution in [0.5, 0.6) is 0 Å². The Kier molecular flexibility index (Phi) is 20.5. The zero-order valence-electron chi connectivity index (χ0n) is 21.6. The zero-order valence-corrected chi connectivity index (χ0v) is 21.6. The molecule has 3 heterocycles. The molecule has 1 fully saturated rings. The summed E-state index contributed by atoms with van der Waals surface area (Å²) in [4.78, 5) is 6.19. The van der Waals surface area contributed by atoms with Gasteiger partial charge in [-0.15, -0.1) is 0 Å². The first-order valence-electron chi connectivity index (χ1n) is 11.7. The smallest absolute Gasteiger partial charge is 0.341 e. The van der Waals surface area contributed by atoms with Gasteiger partial charge in [0.1, 0.15) is 0 Å². The van der Waals surface area contributed by atoms with E-state index in [0.717, 1.165) is 23.1 Å². The molecule has 0 N–H and O–H groups in total. The van der Waals surface area contributed by atoms with Gasteiger partial charge >= 0.3 is 6.18 Å². The minimum Gasteiger partial charge on any atom is -0.341 e. The van der Waals surface area contributed by atoms with Gasteiger partial charge in [0.2, 0.25) is 0 Å². The molecule has 1 aliphatic heterocycles. The number of rotatable bonds is 1. The number of alkyl halides is 3. The first kappa shape index (κ1) is 38.9. The Labute approximate surface area is 224 Å². The summed E-state index contributed by atoms with van der Waals surface area (Å²) in [5.74, 6) is 0.978. The van der Waals surface area contributed by atoms with Gasteiger partial charge in [-0.2, -0.15) is 18.3 Å². The standard InChI is InChI=1S/C10H14.C7H15N.C5H5F3N2.C4H6N2.3CH4/c1-4-10-6-5-8(2)9(3)7-10;1-7-3-5-8(2)6-4-7;1-10-3-2-4(9-10)5(6,7)8;1-6-3-2-5-4-6;;;/h5-7H,4H2,1-3H3;7H,3-6H2,1-2H3;2-3H,1H3;2-4H,1H3;3*1H4. The number of likely N-dealkylation sites (tertiary alicyclic amines) is 1. The van der Waals surface area contributed by atoms with Crippen LogP contribution in [0.2, 0.25) is 0 Å². The number of piperidine rings is 1. The molecule has 3 aromatic rings. The van der Waals surface area contributed by atoms with Crippen molar-refractivity contribution in [1.29, 1.82) is 0 Å². The molecule has 1 aliphatic rings. The van der Waals surface area contributed by atoms with E-state index >= 15 is 0 Å². The van der Waals surface area contributed by atoms with E-state index in [1.165, 1.54) is 55.9 Å². The molecule has 1 saturated heterocycles. The van der Waals surface area contributed by atoms with E-state index < -0.39 is 11.9 Å². The number of hydrogen-bond acceptors (Lipinski definition) is 3. The Bertz CT molecular complexity index is 915. The minimum atomic E-state index is -4.32. The number of hydrogen-bond donors (Lipinski definition) is 0. The quantitative estimate of drug-likeness (QED) is 0.322. The van der Waals surface area contributed by atoms with Gasteiger partial charge in [0, 0.05) is 32.7 Å². The van der Waals surface area contributed by atoms with E-state index in [1.54, 1.807) is 12.5 Å². The predicted molar refractivity (Wildman–Crippen MR) is 153 cm³/mol. The second-order valence-electron chi connectivity index (χ2n) is 8.86. The van der Waals surface area contributed by atoms with Crippen LogP contribution in [0.1, 0.15) is 71.4 Å². The van der Waals surface area contributed by atoms with Crippen molar-refractivity contribution in [3.05, 3.63) is 71.6 Å². The van der Waals surface area contributed by atoms with Crippen LogP contribution in [0.3, 0.4) is 0 Å². The van der Waals surface area contributed by atoms with Crippen LogP contribution in [0.4, 0.5) is 13.2 Å². The van der Waals surface area contributed by atoms with Crippen LogP contribution in [-0.2, 0) is 26.7 Å². The highest BCUT2D eigenvalue weighted by molar-refractivity contribution is 5.29. The average Bonchev–Trinajstić information content (AvgIpc) is 3.44. The Morgan fingerprint density at radius 3 is 1.81 bits per heavy atom. The largest absolute Gasteiger partial charge is 0.435 e. The van der Waals surface area contributed by atoms with Crippen molar-refractivity contribution in [1.82, 2.24) is 24.2 Å². The molecule has 0 spiro atoms. The second kappa shape index (κ2) is 19.5. The summed E-state index contributed by atoms with van der Waals surface area (Å²) in [6, 6.07) is 7.58. The fraction of sp³-hybridized carbons (Fsp3) is 0.586. The summed E-state index contributed by atoms with van der Waals surface area (Å²) in [6.07, 6.45) is 6.26. The normalized spacial score (nSPS) is 13.0. The minimum absolute atomic E-state index is 0. The van der Waals surface area contributed by atoms with Crippen molar-refractivity contribution >= 4 is 0 Å². The van der Waals surface area contributed by atoms with E-state index in [4.69, 9.17) is 0 Å². The molecule has 214 valence electrons. The molecule has 2 aromatic heterocycles. The molecule has 0 bridgehead atoms. The van der Waals surface area contributed by atoms with E-state index in [2.05, 4.69) is 67.9 Å². The Morgan fingerprint density at radius 1 is 0.919 bits per heavy atom. The Balaban J connectivity index is -0.000000411. The molecule has 37 heavy (non-hydrogen) atoms. The lowest BCUT2D eigenvalue weighted by Crippen LogP contribution is -2.28. The summed E-state index contributed by atoms with van der Waals surface area (Å²) >= 11 is 0. The fourth-order valence-electron chi connectivity index (χ4n) is 3.05. The maximum absolute atomic E-state index is 11.7. The van der Waals surface area contributed by atoms with Gasteiger partial charge in [0.25, 0.3) is 0 Å². The van der Waals surface area contributed by atoms with Crippen LogP contribution < -0.4 is 0 Å². The highest BCUT2D eigenvalue weighted by atomic mass is 19.4. The van der Waals surface area contributed by atoms with Gasteiger partial charge in [0.05, 0.1) is 6.33 Å². The summed E-state index contributed by atoms with van der Waals surface area (Å²) in [7, 11) is 5.58. The van der Waals surface area contributed by atoms with Crippen LogP contribution in [-0.4, -0.2) is 44.4 Å². The third-order valence-electron chi connectivity index (χ3n) is 5.63. The summed E-state index contributed by atoms with van der Waals surface area (Å²) in [5.41, 5.74) is 3.37. The van der Waals surface area contributed by atoms with E-state index in [9.17, 15) is 13.2 Å². The number of aryl methyl sites for hydroxylation is 5. The van der Waals surface area contributed by atoms with Crippen LogP contribution in [0.25, 0.3) is 0 Å². The van der Waals surface area contributed by atoms with Gasteiger partial charge in [-0.3, -0.25) is 4.68 Å². The lowest BCUT2D eigenvalue weighted by molar-refractivity contribution is -0.141. The van der Waals surface area contributed by atoms with Gasteiger partial charge in [-0.1, -0.05) is 54.3 Å². The van der Waals surface area contributed by atoms with Crippen molar-refractivity contribution in [2.45, 2.75) is 75.4 Å². The number of benzene rings is 1. The third-order valence-corrected chi connectivity index (χ3v) is 5.63. The second-order valence-corrected chi connectivity index (χ2v) is 8.86. The molecule has 1 aromatic carbocycles. The van der Waals surface area contributed by atoms with Crippen molar-refractivity contribution in [3.8, 4) is 0 Å². The zero-order chi connectivity index (χ0) is 25.7. The third kappa shape index (κ3) is 16.7. The summed E-state index contributed by atoms with van der Waals surface area (Å²) < 4.78 is 38.2. The first-order valence-corrected chi connectivity index (χ1v) is 11.7. The summed E-state index contributed by atoms with van der Waals surface area (Å²) in [5, 5.41) is 3.17. The topological polar surface area (TPSA) is 38.9 Å². The Morgan fingerprint density at radius 2 is 1.51 bits per heavy atom. The number of imidazole rings is 1. The molecular weight excluding hydrogens is 475 g/mol. The van der Waals surface area contributed by atoms with Crippen LogP contribution in [0, 0.1) is 19.8 Å². The molecule has 0 radical (unpaired) electrons. The lowest BCUT2D eigenvalue weighted by Gasteiger charge is -2.26. The molecule has 0 unspecified atom stereocenters. The first-order chi connectivity index (χ1) is 15.9. The summed E-state index contributed by atoms with van der Waals surface area (Å²) in [6.45, 7) is 11.4. The molecule has 0 amide bonds. The highest BCUT2D eigenvalue weighted by Gasteiger charge is 2.33. The Hall–Kier alpha value is -2.61. The van der Waals surface area contributed by atoms with Gasteiger partial charge < -0.3 is 9.47 Å². The van der Waals surface area contributed by atoms with E-state index in [1.807, 2.05) is 17.8 Å². The molecule has 0 atom stereocenters. The molecule has 4 rings (SSSR count). The maximum atomic E-state index is 11.7. The number of nitrogens with zero attached hydrogens (tertiary/aromatic N) is 5. The lowest BCUT2D eigenvalue weighted by atomic mass is 10.00.